The highest BCUT2D eigenvalue weighted by Gasteiger charge is 2.28. The lowest BCUT2D eigenvalue weighted by Crippen LogP contribution is -2.42. The van der Waals surface area contributed by atoms with Gasteiger partial charge in [-0.2, -0.15) is 0 Å². The molecule has 3 heterocycles. The number of nitrogens with one attached hydrogen (secondary N) is 1. The topological polar surface area (TPSA) is 93.2 Å². The molecule has 4 rings (SSSR count). The number of imidazole rings is 1. The van der Waals surface area contributed by atoms with Gasteiger partial charge < -0.3 is 19.4 Å². The van der Waals surface area contributed by atoms with Crippen molar-refractivity contribution < 1.29 is 23.0 Å². The number of aromatic nitrogens is 4. The molecule has 0 spiro atoms. The quantitative estimate of drug-likeness (QED) is 0.755. The monoisotopic (exact) mass is 375 g/mol. The second kappa shape index (κ2) is 7.23. The van der Waals surface area contributed by atoms with E-state index in [1.165, 1.54) is 23.4 Å². The van der Waals surface area contributed by atoms with E-state index in [4.69, 9.17) is 9.47 Å². The molecule has 1 atom stereocenters. The Labute approximate surface area is 152 Å². The summed E-state index contributed by atoms with van der Waals surface area (Å²) in [6.07, 6.45) is 1.87. The molecule has 2 aromatic heterocycles. The number of fused-ring (bicyclic) bond motifs is 1. The number of carbonyl (C=O) groups excluding carboxylic acids is 1. The summed E-state index contributed by atoms with van der Waals surface area (Å²) in [4.78, 5) is 29.1. The van der Waals surface area contributed by atoms with Crippen molar-refractivity contribution in [3.05, 3.63) is 53.7 Å². The highest BCUT2D eigenvalue weighted by molar-refractivity contribution is 5.69. The first kappa shape index (κ1) is 17.3. The summed E-state index contributed by atoms with van der Waals surface area (Å²) in [5.41, 5.74) is 1.14. The van der Waals surface area contributed by atoms with Crippen LogP contribution in [0.15, 0.2) is 30.7 Å². The fourth-order valence-electron chi connectivity index (χ4n) is 2.80. The molecule has 10 heteroatoms. The van der Waals surface area contributed by atoms with Gasteiger partial charge in [0.05, 0.1) is 19.3 Å². The summed E-state index contributed by atoms with van der Waals surface area (Å²) in [5, 5.41) is 0. The Bertz CT molecular complexity index is 947. The molecule has 1 amide bonds. The molecule has 140 valence electrons. The number of rotatable bonds is 3. The van der Waals surface area contributed by atoms with Crippen LogP contribution in [0.2, 0.25) is 0 Å². The fourth-order valence-corrected chi connectivity index (χ4v) is 2.80. The maximum Gasteiger partial charge on any atom is 0.410 e. The van der Waals surface area contributed by atoms with Gasteiger partial charge in [0, 0.05) is 12.1 Å². The zero-order valence-electron chi connectivity index (χ0n) is 14.1. The van der Waals surface area contributed by atoms with Gasteiger partial charge in [0.25, 0.3) is 0 Å². The molecule has 1 N–H and O–H groups in total. The Balaban J connectivity index is 1.41. The molecule has 0 radical (unpaired) electrons. The van der Waals surface area contributed by atoms with Crippen molar-refractivity contribution in [2.24, 2.45) is 0 Å². The van der Waals surface area contributed by atoms with Crippen LogP contribution in [0.3, 0.4) is 0 Å². The number of amides is 1. The number of nitrogens with zero attached hydrogens (tertiary/aromatic N) is 4. The lowest BCUT2D eigenvalue weighted by molar-refractivity contribution is -0.0331. The van der Waals surface area contributed by atoms with E-state index in [1.807, 2.05) is 0 Å². The highest BCUT2D eigenvalue weighted by atomic mass is 19.2. The minimum atomic E-state index is -1.02. The van der Waals surface area contributed by atoms with Crippen LogP contribution in [0, 0.1) is 11.6 Å². The first-order valence-electron chi connectivity index (χ1n) is 8.23. The molecule has 1 unspecified atom stereocenters. The molecule has 27 heavy (non-hydrogen) atoms. The van der Waals surface area contributed by atoms with Crippen LogP contribution in [-0.4, -0.2) is 50.6 Å². The van der Waals surface area contributed by atoms with Crippen LogP contribution in [0.5, 0.6) is 0 Å². The predicted molar refractivity (Wildman–Crippen MR) is 88.5 cm³/mol. The minimum absolute atomic E-state index is 0.0241. The number of carbonyl (C=O) groups is 1. The molecule has 1 aliphatic heterocycles. The zero-order chi connectivity index (χ0) is 18.8. The zero-order valence-corrected chi connectivity index (χ0v) is 14.1. The van der Waals surface area contributed by atoms with Crippen LogP contribution in [-0.2, 0) is 16.1 Å². The van der Waals surface area contributed by atoms with Gasteiger partial charge in [0.1, 0.15) is 30.4 Å². The Morgan fingerprint density at radius 1 is 1.41 bits per heavy atom. The minimum Gasteiger partial charge on any atom is -0.444 e. The Hall–Kier alpha value is -3.14. The molecule has 1 aromatic carbocycles. The van der Waals surface area contributed by atoms with Crippen molar-refractivity contribution in [2.45, 2.75) is 12.7 Å². The van der Waals surface area contributed by atoms with Crippen molar-refractivity contribution >= 4 is 17.3 Å². The van der Waals surface area contributed by atoms with Crippen molar-refractivity contribution in [1.82, 2.24) is 24.8 Å². The summed E-state index contributed by atoms with van der Waals surface area (Å²) in [5.74, 6) is -1.48. The van der Waals surface area contributed by atoms with E-state index >= 15 is 0 Å². The average molecular weight is 375 g/mol. The van der Waals surface area contributed by atoms with Gasteiger partial charge >= 0.3 is 6.09 Å². The molecule has 8 nitrogen and oxygen atoms in total. The first-order chi connectivity index (χ1) is 13.1. The first-order valence-corrected chi connectivity index (χ1v) is 8.23. The van der Waals surface area contributed by atoms with Gasteiger partial charge in [-0.05, 0) is 6.07 Å². The number of aromatic amines is 1. The smallest absolute Gasteiger partial charge is 0.410 e. The molecule has 0 aliphatic carbocycles. The Kier molecular flexibility index (Phi) is 4.63. The van der Waals surface area contributed by atoms with Crippen molar-refractivity contribution in [1.29, 1.82) is 0 Å². The molecule has 0 saturated carbocycles. The molecule has 3 aromatic rings. The third-order valence-electron chi connectivity index (χ3n) is 4.19. The average Bonchev–Trinajstić information content (AvgIpc) is 3.13. The van der Waals surface area contributed by atoms with E-state index in [2.05, 4.69) is 19.9 Å². The van der Waals surface area contributed by atoms with Crippen LogP contribution < -0.4 is 0 Å². The van der Waals surface area contributed by atoms with E-state index in [0.717, 1.165) is 6.07 Å². The van der Waals surface area contributed by atoms with E-state index < -0.39 is 23.8 Å². The standard InChI is InChI=1S/C17H15F2N5O3/c18-11-3-1-2-10(14(11)19)8-27-17(25)24-4-5-26-13(7-24)16-22-12-6-20-9-21-15(12)23-16/h1-3,6,9,13H,4-5,7-8H2,(H,20,21,22,23). The van der Waals surface area contributed by atoms with E-state index in [1.54, 1.807) is 6.20 Å². The summed E-state index contributed by atoms with van der Waals surface area (Å²) in [6.45, 7) is 0.459. The molecular weight excluding hydrogens is 360 g/mol. The largest absolute Gasteiger partial charge is 0.444 e. The van der Waals surface area contributed by atoms with Crippen LogP contribution in [0.1, 0.15) is 17.5 Å². The van der Waals surface area contributed by atoms with Crippen molar-refractivity contribution in [3.63, 3.8) is 0 Å². The molecule has 1 saturated heterocycles. The number of hydrogen-bond acceptors (Lipinski definition) is 6. The predicted octanol–water partition coefficient (Wildman–Crippen LogP) is 2.34. The maximum atomic E-state index is 13.7. The van der Waals surface area contributed by atoms with E-state index in [-0.39, 0.29) is 25.3 Å². The van der Waals surface area contributed by atoms with Crippen LogP contribution >= 0.6 is 0 Å². The SMILES string of the molecule is O=C(OCc1cccc(F)c1F)N1CCOC(c2nc3ncncc3[nH]2)C1. The summed E-state index contributed by atoms with van der Waals surface area (Å²) < 4.78 is 37.7. The fraction of sp³-hybridized carbons (Fsp3) is 0.294. The third-order valence-corrected chi connectivity index (χ3v) is 4.19. The number of hydrogen-bond donors (Lipinski definition) is 1. The normalized spacial score (nSPS) is 17.3. The third kappa shape index (κ3) is 3.56. The number of morpholine rings is 1. The second-order valence-electron chi connectivity index (χ2n) is 5.96. The number of halogens is 2. The van der Waals surface area contributed by atoms with Gasteiger partial charge in [-0.3, -0.25) is 0 Å². The number of H-pyrrole nitrogens is 1. The molecule has 0 bridgehead atoms. The van der Waals surface area contributed by atoms with E-state index in [9.17, 15) is 13.6 Å². The van der Waals surface area contributed by atoms with Gasteiger partial charge in [-0.1, -0.05) is 12.1 Å². The van der Waals surface area contributed by atoms with E-state index in [0.29, 0.717) is 23.5 Å². The molecule has 1 fully saturated rings. The van der Waals surface area contributed by atoms with Crippen molar-refractivity contribution in [2.75, 3.05) is 19.7 Å². The molecular formula is C17H15F2N5O3. The number of ether oxygens (including phenoxy) is 2. The number of benzene rings is 1. The maximum absolute atomic E-state index is 13.7. The summed E-state index contributed by atoms with van der Waals surface area (Å²) in [7, 11) is 0. The van der Waals surface area contributed by atoms with Gasteiger partial charge in [-0.15, -0.1) is 0 Å². The second-order valence-corrected chi connectivity index (χ2v) is 5.96. The Morgan fingerprint density at radius 3 is 3.15 bits per heavy atom. The van der Waals surface area contributed by atoms with Gasteiger partial charge in [0.2, 0.25) is 0 Å². The van der Waals surface area contributed by atoms with Crippen LogP contribution in [0.25, 0.3) is 11.2 Å². The van der Waals surface area contributed by atoms with Crippen molar-refractivity contribution in [3.8, 4) is 0 Å². The summed E-state index contributed by atoms with van der Waals surface area (Å²) in [6, 6.07) is 3.73. The lowest BCUT2D eigenvalue weighted by Gasteiger charge is -2.31. The lowest BCUT2D eigenvalue weighted by atomic mass is 10.2. The Morgan fingerprint density at radius 2 is 2.30 bits per heavy atom. The van der Waals surface area contributed by atoms with Gasteiger partial charge in [0.15, 0.2) is 17.3 Å². The summed E-state index contributed by atoms with van der Waals surface area (Å²) >= 11 is 0. The van der Waals surface area contributed by atoms with Gasteiger partial charge in [-0.25, -0.2) is 28.5 Å². The van der Waals surface area contributed by atoms with Crippen LogP contribution in [0.4, 0.5) is 13.6 Å². The highest BCUT2D eigenvalue weighted by Crippen LogP contribution is 2.22. The molecule has 1 aliphatic rings.